The number of nitrogens with zero attached hydrogens (tertiary/aromatic N) is 1. The van der Waals surface area contributed by atoms with Crippen molar-refractivity contribution in [3.05, 3.63) is 24.3 Å². The van der Waals surface area contributed by atoms with Crippen LogP contribution < -0.4 is 10.6 Å². The van der Waals surface area contributed by atoms with E-state index >= 15 is 0 Å². The fourth-order valence-electron chi connectivity index (χ4n) is 1.96. The summed E-state index contributed by atoms with van der Waals surface area (Å²) >= 11 is 0. The lowest BCUT2D eigenvalue weighted by atomic mass is 10.2. The Hall–Kier alpha value is -1.26. The molecule has 1 aromatic rings. The number of hydrogen-bond acceptors (Lipinski definition) is 4. The zero-order valence-corrected chi connectivity index (χ0v) is 8.76. The van der Waals surface area contributed by atoms with Gasteiger partial charge in [-0.1, -0.05) is 12.1 Å². The summed E-state index contributed by atoms with van der Waals surface area (Å²) in [5, 5.41) is 9.70. The summed E-state index contributed by atoms with van der Waals surface area (Å²) in [6.07, 6.45) is -0.556. The van der Waals surface area contributed by atoms with Gasteiger partial charge in [-0.3, -0.25) is 0 Å². The average molecular weight is 208 g/mol. The largest absolute Gasteiger partial charge is 0.397 e. The molecule has 0 saturated carbocycles. The van der Waals surface area contributed by atoms with Gasteiger partial charge in [0.1, 0.15) is 6.10 Å². The van der Waals surface area contributed by atoms with E-state index in [0.717, 1.165) is 11.4 Å². The Balaban J connectivity index is 2.17. The molecule has 0 radical (unpaired) electrons. The molecule has 1 heterocycles. The highest BCUT2D eigenvalue weighted by Crippen LogP contribution is 2.26. The summed E-state index contributed by atoms with van der Waals surface area (Å²) in [7, 11) is 1.62. The van der Waals surface area contributed by atoms with Crippen LogP contribution in [-0.2, 0) is 4.74 Å². The van der Waals surface area contributed by atoms with E-state index in [4.69, 9.17) is 10.5 Å². The standard InChI is InChI=1S/C11H16N2O2/c1-15-11-7-13(6-10(11)14)9-5-3-2-4-8(9)12/h2-5,10-11,14H,6-7,12H2,1H3/t10-,11+/m0/s1. The molecule has 1 fully saturated rings. The lowest BCUT2D eigenvalue weighted by Crippen LogP contribution is -2.25. The summed E-state index contributed by atoms with van der Waals surface area (Å²) in [6.45, 7) is 1.26. The van der Waals surface area contributed by atoms with Crippen LogP contribution in [0.3, 0.4) is 0 Å². The van der Waals surface area contributed by atoms with Gasteiger partial charge in [0.2, 0.25) is 0 Å². The van der Waals surface area contributed by atoms with E-state index in [-0.39, 0.29) is 6.10 Å². The van der Waals surface area contributed by atoms with Gasteiger partial charge in [-0.15, -0.1) is 0 Å². The third-order valence-corrected chi connectivity index (χ3v) is 2.82. The number of rotatable bonds is 2. The van der Waals surface area contributed by atoms with Gasteiger partial charge in [-0.2, -0.15) is 0 Å². The van der Waals surface area contributed by atoms with Crippen LogP contribution in [0.4, 0.5) is 11.4 Å². The molecule has 0 unspecified atom stereocenters. The molecule has 0 aliphatic carbocycles. The maximum absolute atomic E-state index is 9.70. The second kappa shape index (κ2) is 4.08. The molecule has 0 spiro atoms. The summed E-state index contributed by atoms with van der Waals surface area (Å²) in [5.74, 6) is 0. The lowest BCUT2D eigenvalue weighted by Gasteiger charge is -2.19. The van der Waals surface area contributed by atoms with Gasteiger partial charge >= 0.3 is 0 Å². The van der Waals surface area contributed by atoms with Crippen LogP contribution in [0.1, 0.15) is 0 Å². The average Bonchev–Trinajstić information content (AvgIpc) is 2.60. The number of benzene rings is 1. The first kappa shape index (κ1) is 10.3. The highest BCUT2D eigenvalue weighted by molar-refractivity contribution is 5.67. The predicted octanol–water partition coefficient (Wildman–Crippen LogP) is 0.465. The monoisotopic (exact) mass is 208 g/mol. The molecule has 15 heavy (non-hydrogen) atoms. The Kier molecular flexibility index (Phi) is 2.79. The fourth-order valence-corrected chi connectivity index (χ4v) is 1.96. The number of hydrogen-bond donors (Lipinski definition) is 2. The van der Waals surface area contributed by atoms with Crippen molar-refractivity contribution in [2.24, 2.45) is 0 Å². The van der Waals surface area contributed by atoms with Crippen LogP contribution in [0, 0.1) is 0 Å². The normalized spacial score (nSPS) is 25.9. The molecule has 1 aliphatic heterocycles. The van der Waals surface area contributed by atoms with E-state index < -0.39 is 6.10 Å². The van der Waals surface area contributed by atoms with Crippen molar-refractivity contribution < 1.29 is 9.84 Å². The van der Waals surface area contributed by atoms with Crippen molar-refractivity contribution in [2.45, 2.75) is 12.2 Å². The number of anilines is 2. The van der Waals surface area contributed by atoms with Gasteiger partial charge < -0.3 is 20.5 Å². The van der Waals surface area contributed by atoms with Crippen molar-refractivity contribution in [3.63, 3.8) is 0 Å². The molecule has 0 bridgehead atoms. The molecular weight excluding hydrogens is 192 g/mol. The van der Waals surface area contributed by atoms with Crippen LogP contribution in [0.15, 0.2) is 24.3 Å². The number of nitrogens with two attached hydrogens (primary N) is 1. The molecule has 4 nitrogen and oxygen atoms in total. The molecule has 1 saturated heterocycles. The maximum Gasteiger partial charge on any atom is 0.102 e. The highest BCUT2D eigenvalue weighted by atomic mass is 16.5. The Morgan fingerprint density at radius 3 is 2.73 bits per heavy atom. The Morgan fingerprint density at radius 1 is 1.40 bits per heavy atom. The van der Waals surface area contributed by atoms with Gasteiger partial charge in [0, 0.05) is 20.2 Å². The first-order chi connectivity index (χ1) is 7.22. The third kappa shape index (κ3) is 1.91. The molecule has 0 aromatic heterocycles. The predicted molar refractivity (Wildman–Crippen MR) is 59.9 cm³/mol. The van der Waals surface area contributed by atoms with Crippen LogP contribution in [-0.4, -0.2) is 37.5 Å². The van der Waals surface area contributed by atoms with Crippen molar-refractivity contribution in [1.29, 1.82) is 0 Å². The maximum atomic E-state index is 9.70. The third-order valence-electron chi connectivity index (χ3n) is 2.82. The van der Waals surface area contributed by atoms with Gasteiger partial charge in [0.15, 0.2) is 0 Å². The number of nitrogen functional groups attached to an aromatic ring is 1. The summed E-state index contributed by atoms with van der Waals surface area (Å²) in [6, 6.07) is 7.67. The minimum Gasteiger partial charge on any atom is -0.397 e. The fraction of sp³-hybridized carbons (Fsp3) is 0.455. The van der Waals surface area contributed by atoms with Crippen molar-refractivity contribution in [2.75, 3.05) is 30.8 Å². The second-order valence-corrected chi connectivity index (χ2v) is 3.81. The van der Waals surface area contributed by atoms with Crippen LogP contribution in [0.25, 0.3) is 0 Å². The SMILES string of the molecule is CO[C@@H]1CN(c2ccccc2N)C[C@@H]1O. The van der Waals surface area contributed by atoms with E-state index in [2.05, 4.69) is 0 Å². The molecule has 2 rings (SSSR count). The van der Waals surface area contributed by atoms with Gasteiger partial charge in [0.05, 0.1) is 17.5 Å². The molecular formula is C11H16N2O2. The van der Waals surface area contributed by atoms with Gasteiger partial charge in [-0.05, 0) is 12.1 Å². The number of β-amino-alcohol motifs (C(OH)–C–C–N with tert-alkyl or cyclic N) is 1. The smallest absolute Gasteiger partial charge is 0.102 e. The van der Waals surface area contributed by atoms with Crippen molar-refractivity contribution in [1.82, 2.24) is 0 Å². The number of ether oxygens (including phenoxy) is 1. The first-order valence-corrected chi connectivity index (χ1v) is 5.02. The van der Waals surface area contributed by atoms with Crippen molar-refractivity contribution >= 4 is 11.4 Å². The van der Waals surface area contributed by atoms with E-state index in [1.807, 2.05) is 29.2 Å². The number of aliphatic hydroxyl groups excluding tert-OH is 1. The first-order valence-electron chi connectivity index (χ1n) is 5.02. The minimum absolute atomic E-state index is 0.121. The topological polar surface area (TPSA) is 58.7 Å². The highest BCUT2D eigenvalue weighted by Gasteiger charge is 2.31. The minimum atomic E-state index is -0.436. The van der Waals surface area contributed by atoms with Crippen LogP contribution >= 0.6 is 0 Å². The molecule has 3 N–H and O–H groups in total. The zero-order chi connectivity index (χ0) is 10.8. The van der Waals surface area contributed by atoms with Gasteiger partial charge in [0.25, 0.3) is 0 Å². The quantitative estimate of drug-likeness (QED) is 0.693. The van der Waals surface area contributed by atoms with Crippen LogP contribution in [0.2, 0.25) is 0 Å². The molecule has 82 valence electrons. The molecule has 1 aliphatic rings. The van der Waals surface area contributed by atoms with Crippen molar-refractivity contribution in [3.8, 4) is 0 Å². The second-order valence-electron chi connectivity index (χ2n) is 3.81. The molecule has 4 heteroatoms. The summed E-state index contributed by atoms with van der Waals surface area (Å²) in [4.78, 5) is 2.05. The molecule has 0 amide bonds. The summed E-state index contributed by atoms with van der Waals surface area (Å²) < 4.78 is 5.18. The Morgan fingerprint density at radius 2 is 2.13 bits per heavy atom. The van der Waals surface area contributed by atoms with E-state index in [1.54, 1.807) is 7.11 Å². The van der Waals surface area contributed by atoms with E-state index in [1.165, 1.54) is 0 Å². The summed E-state index contributed by atoms with van der Waals surface area (Å²) in [5.41, 5.74) is 7.57. The van der Waals surface area contributed by atoms with E-state index in [0.29, 0.717) is 13.1 Å². The number of methoxy groups -OCH3 is 1. The lowest BCUT2D eigenvalue weighted by molar-refractivity contribution is 0.0217. The Labute approximate surface area is 89.3 Å². The Bertz CT molecular complexity index is 343. The zero-order valence-electron chi connectivity index (χ0n) is 8.76. The number of para-hydroxylation sites is 2. The van der Waals surface area contributed by atoms with E-state index in [9.17, 15) is 5.11 Å². The van der Waals surface area contributed by atoms with Crippen LogP contribution in [0.5, 0.6) is 0 Å². The molecule has 2 atom stereocenters. The van der Waals surface area contributed by atoms with Gasteiger partial charge in [-0.25, -0.2) is 0 Å². The number of aliphatic hydroxyl groups is 1. The molecule has 1 aromatic carbocycles.